The monoisotopic (exact) mass is 441 g/mol. The third-order valence-electron chi connectivity index (χ3n) is 5.84. The molecule has 1 aliphatic heterocycles. The molecule has 3 aromatic carbocycles. The molecular weight excluding hydrogens is 417 g/mol. The Kier molecular flexibility index (Phi) is 5.95. The van der Waals surface area contributed by atoms with Gasteiger partial charge in [0.25, 0.3) is 5.91 Å². The summed E-state index contributed by atoms with van der Waals surface area (Å²) >= 11 is 0. The maximum Gasteiger partial charge on any atom is 0.293 e. The number of carbonyl (C=O) groups excluding carboxylic acids is 1. The van der Waals surface area contributed by atoms with E-state index in [0.29, 0.717) is 44.1 Å². The number of benzene rings is 3. The second-order valence-corrected chi connectivity index (χ2v) is 8.03. The average Bonchev–Trinajstić information content (AvgIpc) is 3.32. The van der Waals surface area contributed by atoms with Gasteiger partial charge in [-0.25, -0.2) is 14.1 Å². The minimum Gasteiger partial charge on any atom is -0.333 e. The molecule has 0 bridgehead atoms. The van der Waals surface area contributed by atoms with Crippen LogP contribution >= 0.6 is 0 Å². The Bertz CT molecular complexity index is 1180. The summed E-state index contributed by atoms with van der Waals surface area (Å²) in [5, 5.41) is 4.58. The van der Waals surface area contributed by atoms with Crippen molar-refractivity contribution in [1.82, 2.24) is 24.6 Å². The van der Waals surface area contributed by atoms with Gasteiger partial charge >= 0.3 is 0 Å². The molecule has 6 nitrogen and oxygen atoms in total. The predicted octanol–water partition coefficient (Wildman–Crippen LogP) is 4.03. The number of halogens is 1. The second-order valence-electron chi connectivity index (χ2n) is 8.03. The topological polar surface area (TPSA) is 54.3 Å². The Morgan fingerprint density at radius 2 is 1.45 bits per heavy atom. The number of piperazine rings is 1. The van der Waals surface area contributed by atoms with Gasteiger partial charge in [-0.15, -0.1) is 5.10 Å². The summed E-state index contributed by atoms with van der Waals surface area (Å²) < 4.78 is 15.7. The van der Waals surface area contributed by atoms with E-state index < -0.39 is 0 Å². The van der Waals surface area contributed by atoms with Crippen molar-refractivity contribution >= 4 is 5.91 Å². The van der Waals surface area contributed by atoms with Crippen molar-refractivity contribution in [2.75, 3.05) is 26.2 Å². The van der Waals surface area contributed by atoms with Crippen molar-refractivity contribution in [3.05, 3.63) is 102 Å². The van der Waals surface area contributed by atoms with Crippen LogP contribution < -0.4 is 0 Å². The average molecular weight is 442 g/mol. The van der Waals surface area contributed by atoms with Crippen molar-refractivity contribution < 1.29 is 9.18 Å². The number of nitrogens with zero attached hydrogens (tertiary/aromatic N) is 5. The van der Waals surface area contributed by atoms with E-state index in [2.05, 4.69) is 15.0 Å². The van der Waals surface area contributed by atoms with Gasteiger partial charge in [0.1, 0.15) is 5.82 Å². The molecule has 0 N–H and O–H groups in total. The number of para-hydroxylation sites is 1. The van der Waals surface area contributed by atoms with Crippen molar-refractivity contribution in [3.63, 3.8) is 0 Å². The van der Waals surface area contributed by atoms with Crippen LogP contribution in [0.3, 0.4) is 0 Å². The van der Waals surface area contributed by atoms with Crippen molar-refractivity contribution in [2.24, 2.45) is 0 Å². The van der Waals surface area contributed by atoms with Crippen LogP contribution in [0, 0.1) is 5.82 Å². The Hall–Kier alpha value is -3.84. The van der Waals surface area contributed by atoms with Crippen LogP contribution in [0.15, 0.2) is 84.9 Å². The number of rotatable bonds is 5. The van der Waals surface area contributed by atoms with E-state index in [1.807, 2.05) is 66.7 Å². The molecule has 1 aliphatic rings. The quantitative estimate of drug-likeness (QED) is 0.469. The van der Waals surface area contributed by atoms with Crippen LogP contribution in [0.2, 0.25) is 0 Å². The van der Waals surface area contributed by atoms with E-state index in [1.54, 1.807) is 21.7 Å². The summed E-state index contributed by atoms with van der Waals surface area (Å²) in [6.07, 6.45) is 0. The highest BCUT2D eigenvalue weighted by molar-refractivity contribution is 5.91. The lowest BCUT2D eigenvalue weighted by Gasteiger charge is -2.34. The molecule has 0 atom stereocenters. The Balaban J connectivity index is 1.34. The first-order valence-electron chi connectivity index (χ1n) is 11.0. The highest BCUT2D eigenvalue weighted by atomic mass is 19.1. The molecule has 0 saturated carbocycles. The van der Waals surface area contributed by atoms with Gasteiger partial charge in [-0.05, 0) is 18.2 Å². The summed E-state index contributed by atoms with van der Waals surface area (Å²) in [6.45, 7) is 2.98. The lowest BCUT2D eigenvalue weighted by Crippen LogP contribution is -2.48. The molecule has 33 heavy (non-hydrogen) atoms. The summed E-state index contributed by atoms with van der Waals surface area (Å²) in [5.41, 5.74) is 2.41. The SMILES string of the molecule is O=C(c1nc(-c2ccccc2)n(-c2ccccc2)n1)N1CCN(Cc2ccccc2F)CC1. The minimum atomic E-state index is -0.194. The summed E-state index contributed by atoms with van der Waals surface area (Å²) in [6, 6.07) is 26.3. The van der Waals surface area contributed by atoms with Crippen molar-refractivity contribution in [1.29, 1.82) is 0 Å². The molecule has 1 saturated heterocycles. The Morgan fingerprint density at radius 3 is 2.15 bits per heavy atom. The standard InChI is InChI=1S/C26H24FN5O/c27-23-14-8-7-11-21(23)19-30-15-17-31(18-16-30)26(33)24-28-25(20-9-3-1-4-10-20)32(29-24)22-12-5-2-6-13-22/h1-14H,15-19H2. The largest absolute Gasteiger partial charge is 0.333 e. The first-order valence-corrected chi connectivity index (χ1v) is 11.0. The zero-order valence-corrected chi connectivity index (χ0v) is 18.1. The van der Waals surface area contributed by atoms with E-state index in [0.717, 1.165) is 11.3 Å². The molecule has 1 fully saturated rings. The molecular formula is C26H24FN5O. The third-order valence-corrected chi connectivity index (χ3v) is 5.84. The van der Waals surface area contributed by atoms with Crippen molar-refractivity contribution in [3.8, 4) is 17.1 Å². The number of hydrogen-bond donors (Lipinski definition) is 0. The van der Waals surface area contributed by atoms with Crippen LogP contribution in [0.4, 0.5) is 4.39 Å². The fraction of sp³-hybridized carbons (Fsp3) is 0.192. The molecule has 0 unspecified atom stereocenters. The molecule has 7 heteroatoms. The van der Waals surface area contributed by atoms with E-state index >= 15 is 0 Å². The van der Waals surface area contributed by atoms with E-state index in [1.165, 1.54) is 6.07 Å². The molecule has 166 valence electrons. The van der Waals surface area contributed by atoms with Gasteiger partial charge in [-0.2, -0.15) is 0 Å². The zero-order chi connectivity index (χ0) is 22.6. The lowest BCUT2D eigenvalue weighted by molar-refractivity contribution is 0.0615. The molecule has 1 amide bonds. The summed E-state index contributed by atoms with van der Waals surface area (Å²) in [7, 11) is 0. The van der Waals surface area contributed by atoms with Gasteiger partial charge in [-0.1, -0.05) is 66.7 Å². The lowest BCUT2D eigenvalue weighted by atomic mass is 10.2. The van der Waals surface area contributed by atoms with Crippen LogP contribution in [-0.4, -0.2) is 56.7 Å². The van der Waals surface area contributed by atoms with E-state index in [4.69, 9.17) is 0 Å². The second kappa shape index (κ2) is 9.34. The van der Waals surface area contributed by atoms with E-state index in [9.17, 15) is 9.18 Å². The highest BCUT2D eigenvalue weighted by Crippen LogP contribution is 2.22. The summed E-state index contributed by atoms with van der Waals surface area (Å²) in [4.78, 5) is 21.8. The number of aromatic nitrogens is 3. The molecule has 2 heterocycles. The Morgan fingerprint density at radius 1 is 0.818 bits per heavy atom. The fourth-order valence-corrected chi connectivity index (χ4v) is 4.04. The van der Waals surface area contributed by atoms with Gasteiger partial charge in [-0.3, -0.25) is 9.69 Å². The first kappa shape index (κ1) is 21.0. The van der Waals surface area contributed by atoms with Gasteiger partial charge < -0.3 is 4.90 Å². The number of hydrogen-bond acceptors (Lipinski definition) is 4. The molecule has 4 aromatic rings. The van der Waals surface area contributed by atoms with Crippen molar-refractivity contribution in [2.45, 2.75) is 6.54 Å². The number of carbonyl (C=O) groups is 1. The molecule has 0 aliphatic carbocycles. The first-order chi connectivity index (χ1) is 16.2. The van der Waals surface area contributed by atoms with Crippen LogP contribution in [0.1, 0.15) is 16.2 Å². The highest BCUT2D eigenvalue weighted by Gasteiger charge is 2.27. The smallest absolute Gasteiger partial charge is 0.293 e. The molecule has 5 rings (SSSR count). The molecule has 0 spiro atoms. The van der Waals surface area contributed by atoms with Gasteiger partial charge in [0.15, 0.2) is 5.82 Å². The van der Waals surface area contributed by atoms with Gasteiger partial charge in [0.05, 0.1) is 5.69 Å². The van der Waals surface area contributed by atoms with Crippen LogP contribution in [0.5, 0.6) is 0 Å². The molecule has 1 aromatic heterocycles. The summed E-state index contributed by atoms with van der Waals surface area (Å²) in [5.74, 6) is 0.427. The molecule has 0 radical (unpaired) electrons. The predicted molar refractivity (Wildman–Crippen MR) is 124 cm³/mol. The van der Waals surface area contributed by atoms with Crippen LogP contribution in [0.25, 0.3) is 17.1 Å². The normalized spacial score (nSPS) is 14.4. The van der Waals surface area contributed by atoms with Gasteiger partial charge in [0.2, 0.25) is 5.82 Å². The maximum atomic E-state index is 14.0. The third kappa shape index (κ3) is 4.54. The minimum absolute atomic E-state index is 0.181. The number of amides is 1. The van der Waals surface area contributed by atoms with E-state index in [-0.39, 0.29) is 17.5 Å². The maximum absolute atomic E-state index is 14.0. The zero-order valence-electron chi connectivity index (χ0n) is 18.1. The Labute approximate surface area is 191 Å². The van der Waals surface area contributed by atoms with Crippen LogP contribution in [-0.2, 0) is 6.54 Å². The fourth-order valence-electron chi connectivity index (χ4n) is 4.04. The van der Waals surface area contributed by atoms with Gasteiger partial charge in [0, 0.05) is 43.9 Å².